The highest BCUT2D eigenvalue weighted by atomic mass is 19.4. The molecule has 0 amide bonds. The molecule has 1 atom stereocenters. The van der Waals surface area contributed by atoms with Crippen molar-refractivity contribution in [1.82, 2.24) is 10.2 Å². The molecule has 1 aliphatic heterocycles. The second-order valence-corrected chi connectivity index (χ2v) is 5.98. The lowest BCUT2D eigenvalue weighted by molar-refractivity contribution is -0.141. The summed E-state index contributed by atoms with van der Waals surface area (Å²) in [6.07, 6.45) is -4.73. The smallest absolute Gasteiger partial charge is 0.433 e. The molecule has 3 rings (SSSR count). The van der Waals surface area contributed by atoms with Gasteiger partial charge in [-0.2, -0.15) is 18.4 Å². The highest BCUT2D eigenvalue weighted by Crippen LogP contribution is 2.46. The monoisotopic (exact) mass is 364 g/mol. The van der Waals surface area contributed by atoms with Crippen LogP contribution in [0.2, 0.25) is 0 Å². The van der Waals surface area contributed by atoms with Gasteiger partial charge in [0, 0.05) is 0 Å². The molecule has 0 saturated carbocycles. The fourth-order valence-electron chi connectivity index (χ4n) is 2.81. The lowest BCUT2D eigenvalue weighted by Crippen LogP contribution is -2.22. The minimum atomic E-state index is -4.68. The van der Waals surface area contributed by atoms with Crippen LogP contribution in [-0.2, 0) is 6.18 Å². The van der Waals surface area contributed by atoms with E-state index in [0.717, 1.165) is 0 Å². The van der Waals surface area contributed by atoms with Gasteiger partial charge in [0.05, 0.1) is 17.6 Å². The Balaban J connectivity index is 2.13. The first-order valence-corrected chi connectivity index (χ1v) is 7.72. The van der Waals surface area contributed by atoms with Crippen LogP contribution >= 0.6 is 0 Å². The number of H-pyrrole nitrogens is 1. The molecule has 3 N–H and O–H groups in total. The molecule has 0 saturated heterocycles. The maximum absolute atomic E-state index is 13.4. The number of nitrogens with two attached hydrogens (primary N) is 1. The number of nitrogens with zero attached hydrogens (tertiary/aromatic N) is 2. The number of benzene rings is 1. The second-order valence-electron chi connectivity index (χ2n) is 5.98. The van der Waals surface area contributed by atoms with E-state index in [9.17, 15) is 18.4 Å². The maximum Gasteiger partial charge on any atom is 0.433 e. The molecule has 1 aliphatic rings. The summed E-state index contributed by atoms with van der Waals surface area (Å²) >= 11 is 0. The minimum Gasteiger partial charge on any atom is -0.491 e. The Labute approximate surface area is 147 Å². The van der Waals surface area contributed by atoms with Crippen LogP contribution in [0.3, 0.4) is 0 Å². The molecule has 0 fully saturated rings. The average Bonchev–Trinajstić information content (AvgIpc) is 2.97. The Hall–Kier alpha value is -3.15. The summed E-state index contributed by atoms with van der Waals surface area (Å²) in [5.74, 6) is -1.05. The van der Waals surface area contributed by atoms with Crippen molar-refractivity contribution in [3.05, 3.63) is 52.5 Å². The largest absolute Gasteiger partial charge is 0.491 e. The van der Waals surface area contributed by atoms with Gasteiger partial charge >= 0.3 is 6.18 Å². The van der Waals surface area contributed by atoms with Crippen LogP contribution in [0, 0.1) is 11.3 Å². The lowest BCUT2D eigenvalue weighted by Gasteiger charge is -2.24. The number of aromatic nitrogens is 2. The van der Waals surface area contributed by atoms with Gasteiger partial charge in [-0.05, 0) is 31.5 Å². The molecule has 0 bridgehead atoms. The number of halogens is 3. The molecule has 1 aromatic carbocycles. The Bertz CT molecular complexity index is 892. The summed E-state index contributed by atoms with van der Waals surface area (Å²) in [4.78, 5) is 0. The second kappa shape index (κ2) is 6.29. The number of hydrogen-bond acceptors (Lipinski definition) is 5. The number of alkyl halides is 3. The van der Waals surface area contributed by atoms with E-state index in [1.807, 2.05) is 25.0 Å². The summed E-state index contributed by atoms with van der Waals surface area (Å²) in [5.41, 5.74) is 4.72. The van der Waals surface area contributed by atoms with Crippen molar-refractivity contribution in [2.45, 2.75) is 32.0 Å². The van der Waals surface area contributed by atoms with Crippen molar-refractivity contribution >= 4 is 0 Å². The van der Waals surface area contributed by atoms with Crippen molar-refractivity contribution in [3.8, 4) is 17.7 Å². The zero-order valence-corrected chi connectivity index (χ0v) is 13.9. The van der Waals surface area contributed by atoms with Crippen LogP contribution in [0.1, 0.15) is 36.6 Å². The van der Waals surface area contributed by atoms with Gasteiger partial charge in [0.2, 0.25) is 11.8 Å². The van der Waals surface area contributed by atoms with Gasteiger partial charge in [-0.1, -0.05) is 12.1 Å². The maximum atomic E-state index is 13.4. The molecular weight excluding hydrogens is 349 g/mol. The first-order chi connectivity index (χ1) is 12.2. The van der Waals surface area contributed by atoms with Gasteiger partial charge in [0.1, 0.15) is 23.1 Å². The van der Waals surface area contributed by atoms with E-state index in [1.54, 1.807) is 24.3 Å². The molecule has 2 aromatic rings. The molecule has 0 unspecified atom stereocenters. The van der Waals surface area contributed by atoms with Gasteiger partial charge < -0.3 is 15.2 Å². The number of hydrogen-bond donors (Lipinski definition) is 2. The predicted octanol–water partition coefficient (Wildman–Crippen LogP) is 3.43. The number of nitrogens with one attached hydrogen (secondary N) is 1. The van der Waals surface area contributed by atoms with E-state index >= 15 is 0 Å². The summed E-state index contributed by atoms with van der Waals surface area (Å²) in [7, 11) is 0. The van der Waals surface area contributed by atoms with Gasteiger partial charge in [0.15, 0.2) is 0 Å². The van der Waals surface area contributed by atoms with Crippen molar-refractivity contribution < 1.29 is 22.6 Å². The van der Waals surface area contributed by atoms with E-state index in [-0.39, 0.29) is 29.0 Å². The molecule has 0 radical (unpaired) electrons. The normalized spacial score (nSPS) is 16.9. The lowest BCUT2D eigenvalue weighted by atomic mass is 9.84. The van der Waals surface area contributed by atoms with Crippen molar-refractivity contribution in [2.24, 2.45) is 5.73 Å². The molecule has 6 nitrogen and oxygen atoms in total. The van der Waals surface area contributed by atoms with Gasteiger partial charge in [-0.25, -0.2) is 0 Å². The third kappa shape index (κ3) is 3.06. The van der Waals surface area contributed by atoms with Crippen LogP contribution in [-0.4, -0.2) is 16.3 Å². The first kappa shape index (κ1) is 17.7. The van der Waals surface area contributed by atoms with E-state index in [4.69, 9.17) is 15.2 Å². The molecule has 1 aromatic heterocycles. The van der Waals surface area contributed by atoms with E-state index in [2.05, 4.69) is 5.10 Å². The summed E-state index contributed by atoms with van der Waals surface area (Å²) < 4.78 is 50.7. The minimum absolute atomic E-state index is 0.0496. The first-order valence-electron chi connectivity index (χ1n) is 7.72. The van der Waals surface area contributed by atoms with Crippen LogP contribution in [0.15, 0.2) is 35.7 Å². The van der Waals surface area contributed by atoms with Crippen LogP contribution in [0.4, 0.5) is 13.2 Å². The molecule has 2 heterocycles. The van der Waals surface area contributed by atoms with Crippen LogP contribution in [0.25, 0.3) is 0 Å². The Kier molecular flexibility index (Phi) is 4.28. The highest BCUT2D eigenvalue weighted by Gasteiger charge is 2.44. The third-order valence-corrected chi connectivity index (χ3v) is 3.81. The quantitative estimate of drug-likeness (QED) is 0.870. The fraction of sp³-hybridized carbons (Fsp3) is 0.294. The number of allylic oxidation sites excluding steroid dienone is 1. The summed E-state index contributed by atoms with van der Waals surface area (Å²) in [6, 6.07) is 8.29. The molecule has 0 aliphatic carbocycles. The number of fused-ring (bicyclic) bond motifs is 1. The SMILES string of the molecule is CC(C)Oc1ccc([C@H]2C(C#N)=C(N)Oc3n[nH]c(C(F)(F)F)c32)cc1. The van der Waals surface area contributed by atoms with Gasteiger partial charge in [-0.3, -0.25) is 5.10 Å². The summed E-state index contributed by atoms with van der Waals surface area (Å²) in [5, 5.41) is 14.9. The number of aromatic amines is 1. The van der Waals surface area contributed by atoms with E-state index in [0.29, 0.717) is 11.3 Å². The zero-order valence-electron chi connectivity index (χ0n) is 13.9. The number of nitriles is 1. The van der Waals surface area contributed by atoms with E-state index < -0.39 is 17.8 Å². The molecule has 26 heavy (non-hydrogen) atoms. The Morgan fingerprint density at radius 1 is 1.31 bits per heavy atom. The Morgan fingerprint density at radius 3 is 2.50 bits per heavy atom. The van der Waals surface area contributed by atoms with Crippen molar-refractivity contribution in [1.29, 1.82) is 5.26 Å². The van der Waals surface area contributed by atoms with Crippen molar-refractivity contribution in [3.63, 3.8) is 0 Å². The van der Waals surface area contributed by atoms with Crippen molar-refractivity contribution in [2.75, 3.05) is 0 Å². The molecular formula is C17H15F3N4O2. The number of ether oxygens (including phenoxy) is 2. The summed E-state index contributed by atoms with van der Waals surface area (Å²) in [6.45, 7) is 3.72. The number of rotatable bonds is 3. The van der Waals surface area contributed by atoms with Crippen LogP contribution < -0.4 is 15.2 Å². The molecule has 9 heteroatoms. The fourth-order valence-corrected chi connectivity index (χ4v) is 2.81. The van der Waals surface area contributed by atoms with Gasteiger partial charge in [0.25, 0.3) is 0 Å². The highest BCUT2D eigenvalue weighted by molar-refractivity contribution is 5.56. The third-order valence-electron chi connectivity index (χ3n) is 3.81. The topological polar surface area (TPSA) is 96.9 Å². The Morgan fingerprint density at radius 2 is 1.96 bits per heavy atom. The van der Waals surface area contributed by atoms with Crippen LogP contribution in [0.5, 0.6) is 11.6 Å². The van der Waals surface area contributed by atoms with Gasteiger partial charge in [-0.15, -0.1) is 5.10 Å². The molecule has 0 spiro atoms. The van der Waals surface area contributed by atoms with E-state index in [1.165, 1.54) is 0 Å². The average molecular weight is 364 g/mol. The standard InChI is InChI=1S/C17H15F3N4O2/c1-8(2)25-10-5-3-9(4-6-10)12-11(7-21)15(22)26-16-13(12)14(23-24-16)17(18,19)20/h3-6,8,12H,22H2,1-2H3,(H,23,24)/t12-/m0/s1. The molecule has 136 valence electrons. The zero-order chi connectivity index (χ0) is 19.1. The predicted molar refractivity (Wildman–Crippen MR) is 85.1 cm³/mol.